The van der Waals surface area contributed by atoms with Crippen molar-refractivity contribution < 1.29 is 14.1 Å². The summed E-state index contributed by atoms with van der Waals surface area (Å²) in [7, 11) is 1.83. The Morgan fingerprint density at radius 2 is 2.05 bits per heavy atom. The van der Waals surface area contributed by atoms with Crippen molar-refractivity contribution in [2.24, 2.45) is 0 Å². The number of hydrogen-bond acceptors (Lipinski definition) is 4. The second kappa shape index (κ2) is 6.81. The van der Waals surface area contributed by atoms with Crippen LogP contribution >= 0.6 is 0 Å². The lowest BCUT2D eigenvalue weighted by molar-refractivity contribution is -0.385. The highest BCUT2D eigenvalue weighted by atomic mass is 19.1. The summed E-state index contributed by atoms with van der Waals surface area (Å²) in [5.41, 5.74) is 1.10. The van der Waals surface area contributed by atoms with Crippen LogP contribution in [0.1, 0.15) is 11.1 Å². The molecule has 110 valence electrons. The molecular formula is C15H15FN2O3. The number of non-ortho nitro benzene ring substituents is 1. The van der Waals surface area contributed by atoms with E-state index in [1.807, 2.05) is 25.2 Å². The maximum Gasteiger partial charge on any atom is 0.272 e. The molecule has 0 amide bonds. The van der Waals surface area contributed by atoms with E-state index in [0.29, 0.717) is 17.9 Å². The van der Waals surface area contributed by atoms with Crippen LogP contribution in [0.4, 0.5) is 10.1 Å². The van der Waals surface area contributed by atoms with Crippen molar-refractivity contribution >= 4 is 5.69 Å². The molecule has 0 aromatic heterocycles. The Morgan fingerprint density at radius 3 is 2.76 bits per heavy atom. The number of benzene rings is 2. The van der Waals surface area contributed by atoms with Gasteiger partial charge in [0.25, 0.3) is 5.69 Å². The first-order chi connectivity index (χ1) is 10.1. The summed E-state index contributed by atoms with van der Waals surface area (Å²) in [6.07, 6.45) is 0. The molecule has 0 unspecified atom stereocenters. The third kappa shape index (κ3) is 4.00. The normalized spacial score (nSPS) is 10.4. The highest BCUT2D eigenvalue weighted by molar-refractivity contribution is 5.36. The average Bonchev–Trinajstić information content (AvgIpc) is 2.46. The smallest absolute Gasteiger partial charge is 0.272 e. The summed E-state index contributed by atoms with van der Waals surface area (Å²) in [6, 6.07) is 10.9. The predicted octanol–water partition coefficient (Wildman–Crippen LogP) is 3.03. The van der Waals surface area contributed by atoms with Gasteiger partial charge < -0.3 is 10.1 Å². The summed E-state index contributed by atoms with van der Waals surface area (Å²) >= 11 is 0. The lowest BCUT2D eigenvalue weighted by Gasteiger charge is -2.11. The number of rotatable bonds is 6. The number of para-hydroxylation sites is 1. The summed E-state index contributed by atoms with van der Waals surface area (Å²) in [4.78, 5) is 10.1. The summed E-state index contributed by atoms with van der Waals surface area (Å²) in [6.45, 7) is 0.707. The molecule has 0 spiro atoms. The second-order valence-corrected chi connectivity index (χ2v) is 4.50. The third-order valence-electron chi connectivity index (χ3n) is 2.89. The van der Waals surface area contributed by atoms with E-state index in [4.69, 9.17) is 4.74 Å². The Kier molecular flexibility index (Phi) is 4.84. The number of hydrogen-bond donors (Lipinski definition) is 1. The van der Waals surface area contributed by atoms with Gasteiger partial charge in [-0.25, -0.2) is 4.39 Å². The van der Waals surface area contributed by atoms with Crippen LogP contribution in [0.2, 0.25) is 0 Å². The molecule has 2 aromatic carbocycles. The first kappa shape index (κ1) is 14.9. The van der Waals surface area contributed by atoms with Gasteiger partial charge in [0.05, 0.1) is 11.0 Å². The highest BCUT2D eigenvalue weighted by Gasteiger charge is 2.10. The molecule has 2 aromatic rings. The van der Waals surface area contributed by atoms with Crippen LogP contribution in [-0.2, 0) is 13.2 Å². The van der Waals surface area contributed by atoms with E-state index in [2.05, 4.69) is 5.32 Å². The number of nitro benzene ring substituents is 1. The molecule has 0 saturated carbocycles. The van der Waals surface area contributed by atoms with Crippen molar-refractivity contribution in [3.63, 3.8) is 0 Å². The molecule has 5 nitrogen and oxygen atoms in total. The molecule has 1 N–H and O–H groups in total. The van der Waals surface area contributed by atoms with Crippen molar-refractivity contribution in [2.45, 2.75) is 13.2 Å². The predicted molar refractivity (Wildman–Crippen MR) is 76.6 cm³/mol. The Labute approximate surface area is 121 Å². The first-order valence-corrected chi connectivity index (χ1v) is 6.39. The second-order valence-electron chi connectivity index (χ2n) is 4.50. The monoisotopic (exact) mass is 290 g/mol. The fourth-order valence-electron chi connectivity index (χ4n) is 1.96. The van der Waals surface area contributed by atoms with Crippen LogP contribution in [0.25, 0.3) is 0 Å². The van der Waals surface area contributed by atoms with Crippen LogP contribution in [0.5, 0.6) is 5.75 Å². The van der Waals surface area contributed by atoms with E-state index in [0.717, 1.165) is 11.6 Å². The fraction of sp³-hybridized carbons (Fsp3) is 0.200. The van der Waals surface area contributed by atoms with E-state index in [9.17, 15) is 14.5 Å². The lowest BCUT2D eigenvalue weighted by Crippen LogP contribution is -2.07. The van der Waals surface area contributed by atoms with E-state index in [1.165, 1.54) is 12.1 Å². The van der Waals surface area contributed by atoms with Gasteiger partial charge in [-0.05, 0) is 24.7 Å². The van der Waals surface area contributed by atoms with Gasteiger partial charge in [-0.15, -0.1) is 0 Å². The molecule has 0 aliphatic carbocycles. The zero-order valence-corrected chi connectivity index (χ0v) is 11.5. The van der Waals surface area contributed by atoms with Crippen molar-refractivity contribution in [3.05, 3.63) is 69.5 Å². The number of ether oxygens (including phenoxy) is 1. The summed E-state index contributed by atoms with van der Waals surface area (Å²) < 4.78 is 19.0. The highest BCUT2D eigenvalue weighted by Crippen LogP contribution is 2.21. The van der Waals surface area contributed by atoms with Crippen LogP contribution in [0.3, 0.4) is 0 Å². The van der Waals surface area contributed by atoms with Gasteiger partial charge in [0.1, 0.15) is 18.2 Å². The standard InChI is InChI=1S/C15H15FN2O3/c1-17-9-12-4-2-3-5-15(12)21-10-11-6-13(16)8-14(7-11)18(19)20/h2-8,17H,9-10H2,1H3. The minimum Gasteiger partial charge on any atom is -0.489 e. The summed E-state index contributed by atoms with van der Waals surface area (Å²) in [5, 5.41) is 13.7. The topological polar surface area (TPSA) is 64.4 Å². The Balaban J connectivity index is 2.15. The Bertz CT molecular complexity index is 647. The van der Waals surface area contributed by atoms with Crippen molar-refractivity contribution in [2.75, 3.05) is 7.05 Å². The van der Waals surface area contributed by atoms with Crippen LogP contribution in [0, 0.1) is 15.9 Å². The maximum atomic E-state index is 13.3. The molecule has 0 aliphatic heterocycles. The zero-order chi connectivity index (χ0) is 15.2. The van der Waals surface area contributed by atoms with Gasteiger partial charge in [-0.3, -0.25) is 10.1 Å². The summed E-state index contributed by atoms with van der Waals surface area (Å²) in [5.74, 6) is 0.0186. The fourth-order valence-corrected chi connectivity index (χ4v) is 1.96. The van der Waals surface area contributed by atoms with Gasteiger partial charge in [-0.1, -0.05) is 18.2 Å². The van der Waals surface area contributed by atoms with Gasteiger partial charge in [0.15, 0.2) is 0 Å². The number of nitrogens with zero attached hydrogens (tertiary/aromatic N) is 1. The molecule has 0 heterocycles. The van der Waals surface area contributed by atoms with Crippen molar-refractivity contribution in [1.82, 2.24) is 5.32 Å². The number of nitrogens with one attached hydrogen (secondary N) is 1. The van der Waals surface area contributed by atoms with Crippen molar-refractivity contribution in [3.8, 4) is 5.75 Å². The van der Waals surface area contributed by atoms with Gasteiger partial charge in [0.2, 0.25) is 0 Å². The van der Waals surface area contributed by atoms with Gasteiger partial charge in [-0.2, -0.15) is 0 Å². The molecule has 0 radical (unpaired) electrons. The van der Waals surface area contributed by atoms with Gasteiger partial charge >= 0.3 is 0 Å². The minimum atomic E-state index is -0.647. The lowest BCUT2D eigenvalue weighted by atomic mass is 10.2. The SMILES string of the molecule is CNCc1ccccc1OCc1cc(F)cc([N+](=O)[O-])c1. The molecule has 0 saturated heterocycles. The minimum absolute atomic E-state index is 0.0688. The Hall–Kier alpha value is -2.47. The van der Waals surface area contributed by atoms with Gasteiger partial charge in [0, 0.05) is 18.2 Å². The van der Waals surface area contributed by atoms with Crippen LogP contribution in [-0.4, -0.2) is 12.0 Å². The number of nitro groups is 1. The van der Waals surface area contributed by atoms with Crippen molar-refractivity contribution in [1.29, 1.82) is 0 Å². The molecule has 0 fully saturated rings. The molecule has 6 heteroatoms. The molecule has 0 aliphatic rings. The van der Waals surface area contributed by atoms with E-state index < -0.39 is 10.7 Å². The first-order valence-electron chi connectivity index (χ1n) is 6.39. The average molecular weight is 290 g/mol. The Morgan fingerprint density at radius 1 is 1.29 bits per heavy atom. The largest absolute Gasteiger partial charge is 0.489 e. The third-order valence-corrected chi connectivity index (χ3v) is 2.89. The number of halogens is 1. The van der Waals surface area contributed by atoms with Crippen LogP contribution in [0.15, 0.2) is 42.5 Å². The van der Waals surface area contributed by atoms with E-state index in [-0.39, 0.29) is 12.3 Å². The quantitative estimate of drug-likeness (QED) is 0.656. The molecule has 21 heavy (non-hydrogen) atoms. The molecule has 2 rings (SSSR count). The molecule has 0 bridgehead atoms. The molecular weight excluding hydrogens is 275 g/mol. The zero-order valence-electron chi connectivity index (χ0n) is 11.5. The van der Waals surface area contributed by atoms with Crippen LogP contribution < -0.4 is 10.1 Å². The van der Waals surface area contributed by atoms with E-state index in [1.54, 1.807) is 6.07 Å². The van der Waals surface area contributed by atoms with E-state index >= 15 is 0 Å². The maximum absolute atomic E-state index is 13.3. The molecule has 0 atom stereocenters.